The summed E-state index contributed by atoms with van der Waals surface area (Å²) in [6.45, 7) is 4.67. The maximum absolute atomic E-state index is 12.8. The summed E-state index contributed by atoms with van der Waals surface area (Å²) in [4.78, 5) is 25.5. The number of hydrogen-bond acceptors (Lipinski definition) is 5. The number of nitrogens with one attached hydrogen (secondary N) is 2. The van der Waals surface area contributed by atoms with Crippen LogP contribution in [-0.2, 0) is 0 Å². The monoisotopic (exact) mass is 452 g/mol. The maximum atomic E-state index is 12.8. The second kappa shape index (κ2) is 9.20. The van der Waals surface area contributed by atoms with E-state index in [2.05, 4.69) is 10.6 Å². The molecule has 3 aromatic rings. The molecule has 0 saturated carbocycles. The first kappa shape index (κ1) is 21.5. The van der Waals surface area contributed by atoms with E-state index in [1.54, 1.807) is 54.6 Å². The highest BCUT2D eigenvalue weighted by Gasteiger charge is 2.22. The van der Waals surface area contributed by atoms with E-state index in [4.69, 9.17) is 25.8 Å². The van der Waals surface area contributed by atoms with Crippen molar-refractivity contribution in [3.8, 4) is 23.0 Å². The Bertz CT molecular complexity index is 1200. The number of anilines is 2. The van der Waals surface area contributed by atoms with Crippen molar-refractivity contribution in [1.29, 1.82) is 0 Å². The number of carbonyl (C=O) groups excluding carboxylic acids is 2. The van der Waals surface area contributed by atoms with Crippen LogP contribution >= 0.6 is 11.6 Å². The molecule has 4 rings (SSSR count). The topological polar surface area (TPSA) is 85.9 Å². The van der Waals surface area contributed by atoms with Crippen LogP contribution in [0.25, 0.3) is 0 Å². The van der Waals surface area contributed by atoms with Gasteiger partial charge in [0.15, 0.2) is 17.2 Å². The number of benzene rings is 3. The fraction of sp³-hybridized carbons (Fsp3) is 0.167. The number of fused-ring (bicyclic) bond motifs is 2. The van der Waals surface area contributed by atoms with Gasteiger partial charge in [0.25, 0.3) is 11.8 Å². The predicted octanol–water partition coefficient (Wildman–Crippen LogP) is 5.75. The molecule has 2 N–H and O–H groups in total. The predicted molar refractivity (Wildman–Crippen MR) is 123 cm³/mol. The third-order valence-corrected chi connectivity index (χ3v) is 4.93. The van der Waals surface area contributed by atoms with Gasteiger partial charge in [-0.05, 0) is 68.4 Å². The normalized spacial score (nSPS) is 11.9. The van der Waals surface area contributed by atoms with Crippen LogP contribution in [0.5, 0.6) is 23.0 Å². The zero-order valence-electron chi connectivity index (χ0n) is 17.5. The Morgan fingerprint density at radius 1 is 0.969 bits per heavy atom. The summed E-state index contributed by atoms with van der Waals surface area (Å²) < 4.78 is 17.0. The quantitative estimate of drug-likeness (QED) is 0.497. The number of halogens is 1. The second-order valence-corrected chi connectivity index (χ2v) is 7.33. The van der Waals surface area contributed by atoms with Crippen molar-refractivity contribution in [2.24, 2.45) is 0 Å². The summed E-state index contributed by atoms with van der Waals surface area (Å²) in [6, 6.07) is 14.8. The van der Waals surface area contributed by atoms with Gasteiger partial charge in [-0.2, -0.15) is 0 Å². The minimum absolute atomic E-state index is 0.289. The average molecular weight is 453 g/mol. The van der Waals surface area contributed by atoms with Crippen molar-refractivity contribution < 1.29 is 23.8 Å². The summed E-state index contributed by atoms with van der Waals surface area (Å²) in [5, 5.41) is 6.07. The Hall–Kier alpha value is -3.71. The fourth-order valence-electron chi connectivity index (χ4n) is 3.27. The molecule has 0 atom stereocenters. The fourth-order valence-corrected chi connectivity index (χ4v) is 3.44. The first-order valence-electron chi connectivity index (χ1n) is 10.1. The van der Waals surface area contributed by atoms with E-state index in [-0.39, 0.29) is 17.4 Å². The van der Waals surface area contributed by atoms with Gasteiger partial charge in [0.1, 0.15) is 5.75 Å². The Morgan fingerprint density at radius 2 is 1.72 bits per heavy atom. The summed E-state index contributed by atoms with van der Waals surface area (Å²) in [6.07, 6.45) is 0. The summed E-state index contributed by atoms with van der Waals surface area (Å²) in [5.74, 6) is 1.21. The lowest BCUT2D eigenvalue weighted by atomic mass is 10.1. The highest BCUT2D eigenvalue weighted by molar-refractivity contribution is 6.31. The van der Waals surface area contributed by atoms with Gasteiger partial charge in [-0.3, -0.25) is 9.59 Å². The molecule has 0 saturated heterocycles. The SMILES string of the molecule is CCOc1ccc(C(=O)Nc2ccc3c(c2)C(=O)Nc2cc(Cl)ccc2O3)cc1OCC. The van der Waals surface area contributed by atoms with Gasteiger partial charge in [-0.1, -0.05) is 11.6 Å². The van der Waals surface area contributed by atoms with Crippen molar-refractivity contribution in [3.05, 3.63) is 70.7 Å². The Kier molecular flexibility index (Phi) is 6.18. The molecule has 0 fully saturated rings. The molecular weight excluding hydrogens is 432 g/mol. The van der Waals surface area contributed by atoms with Crippen LogP contribution in [0.3, 0.4) is 0 Å². The van der Waals surface area contributed by atoms with Crippen LogP contribution in [0.4, 0.5) is 11.4 Å². The zero-order chi connectivity index (χ0) is 22.7. The molecular formula is C24H21ClN2O5. The third-order valence-electron chi connectivity index (χ3n) is 4.70. The van der Waals surface area contributed by atoms with Crippen molar-refractivity contribution in [3.63, 3.8) is 0 Å². The number of carbonyl (C=O) groups is 2. The van der Waals surface area contributed by atoms with Crippen LogP contribution < -0.4 is 24.8 Å². The smallest absolute Gasteiger partial charge is 0.259 e. The number of ether oxygens (including phenoxy) is 3. The van der Waals surface area contributed by atoms with E-state index in [9.17, 15) is 9.59 Å². The molecule has 0 aromatic heterocycles. The summed E-state index contributed by atoms with van der Waals surface area (Å²) >= 11 is 6.02. The molecule has 32 heavy (non-hydrogen) atoms. The molecule has 1 aliphatic heterocycles. The molecule has 164 valence electrons. The van der Waals surface area contributed by atoms with Crippen LogP contribution in [-0.4, -0.2) is 25.0 Å². The molecule has 0 radical (unpaired) electrons. The van der Waals surface area contributed by atoms with Gasteiger partial charge in [0.2, 0.25) is 0 Å². The molecule has 3 aromatic carbocycles. The Balaban J connectivity index is 1.57. The van der Waals surface area contributed by atoms with E-state index < -0.39 is 0 Å². The summed E-state index contributed by atoms with van der Waals surface area (Å²) in [7, 11) is 0. The third kappa shape index (κ3) is 4.48. The van der Waals surface area contributed by atoms with Crippen LogP contribution in [0.2, 0.25) is 5.02 Å². The standard InChI is InChI=1S/C24H21ClN2O5/c1-3-30-21-8-5-14(11-22(21)31-4-2)23(28)26-16-7-10-19-17(13-16)24(29)27-18-12-15(25)6-9-20(18)32-19/h5-13H,3-4H2,1-2H3,(H,26,28)(H,27,29). The molecule has 0 bridgehead atoms. The van der Waals surface area contributed by atoms with E-state index in [0.717, 1.165) is 0 Å². The lowest BCUT2D eigenvalue weighted by Crippen LogP contribution is -2.14. The lowest BCUT2D eigenvalue weighted by molar-refractivity contribution is 0.101. The Morgan fingerprint density at radius 3 is 2.50 bits per heavy atom. The minimum atomic E-state index is -0.364. The van der Waals surface area contributed by atoms with Gasteiger partial charge >= 0.3 is 0 Å². The average Bonchev–Trinajstić information content (AvgIpc) is 2.90. The van der Waals surface area contributed by atoms with E-state index in [1.165, 1.54) is 0 Å². The van der Waals surface area contributed by atoms with Gasteiger partial charge in [0.05, 0.1) is 24.5 Å². The van der Waals surface area contributed by atoms with Crippen LogP contribution in [0, 0.1) is 0 Å². The van der Waals surface area contributed by atoms with Gasteiger partial charge in [0, 0.05) is 16.3 Å². The molecule has 1 heterocycles. The molecule has 1 aliphatic rings. The highest BCUT2D eigenvalue weighted by Crippen LogP contribution is 2.38. The second-order valence-electron chi connectivity index (χ2n) is 6.89. The van der Waals surface area contributed by atoms with Gasteiger partial charge in [-0.25, -0.2) is 0 Å². The van der Waals surface area contributed by atoms with Crippen molar-refractivity contribution >= 4 is 34.8 Å². The largest absolute Gasteiger partial charge is 0.490 e. The first-order valence-corrected chi connectivity index (χ1v) is 10.5. The summed E-state index contributed by atoms with van der Waals surface area (Å²) in [5.41, 5.74) is 1.61. The van der Waals surface area contributed by atoms with E-state index in [0.29, 0.717) is 58.2 Å². The molecule has 2 amide bonds. The van der Waals surface area contributed by atoms with Gasteiger partial charge < -0.3 is 24.8 Å². The van der Waals surface area contributed by atoms with Crippen molar-refractivity contribution in [2.45, 2.75) is 13.8 Å². The molecule has 0 aliphatic carbocycles. The lowest BCUT2D eigenvalue weighted by Gasteiger charge is -2.13. The van der Waals surface area contributed by atoms with Gasteiger partial charge in [-0.15, -0.1) is 0 Å². The van der Waals surface area contributed by atoms with Crippen molar-refractivity contribution in [2.75, 3.05) is 23.8 Å². The maximum Gasteiger partial charge on any atom is 0.259 e. The zero-order valence-corrected chi connectivity index (χ0v) is 18.3. The number of amides is 2. The van der Waals surface area contributed by atoms with Crippen LogP contribution in [0.15, 0.2) is 54.6 Å². The molecule has 7 nitrogen and oxygen atoms in total. The van der Waals surface area contributed by atoms with Crippen LogP contribution in [0.1, 0.15) is 34.6 Å². The first-order chi connectivity index (χ1) is 15.5. The molecule has 8 heteroatoms. The molecule has 0 unspecified atom stereocenters. The van der Waals surface area contributed by atoms with E-state index in [1.807, 2.05) is 13.8 Å². The highest BCUT2D eigenvalue weighted by atomic mass is 35.5. The number of hydrogen-bond donors (Lipinski definition) is 2. The minimum Gasteiger partial charge on any atom is -0.490 e. The van der Waals surface area contributed by atoms with E-state index >= 15 is 0 Å². The number of rotatable bonds is 6. The van der Waals surface area contributed by atoms with Crippen molar-refractivity contribution in [1.82, 2.24) is 0 Å². The Labute approximate surface area is 190 Å². The molecule has 0 spiro atoms.